The fourth-order valence-electron chi connectivity index (χ4n) is 2.05. The van der Waals surface area contributed by atoms with E-state index in [1.165, 1.54) is 11.1 Å². The molecule has 1 aliphatic heterocycles. The second-order valence-corrected chi connectivity index (χ2v) is 5.42. The van der Waals surface area contributed by atoms with Gasteiger partial charge >= 0.3 is 0 Å². The number of hydrogen-bond acceptors (Lipinski definition) is 3. The number of methoxy groups -OCH3 is 1. The van der Waals surface area contributed by atoms with Gasteiger partial charge in [0.1, 0.15) is 5.75 Å². The van der Waals surface area contributed by atoms with Crippen molar-refractivity contribution in [3.8, 4) is 5.75 Å². The molecule has 1 unspecified atom stereocenters. The molecule has 0 aromatic heterocycles. The van der Waals surface area contributed by atoms with Crippen molar-refractivity contribution in [2.24, 2.45) is 5.73 Å². The molecule has 1 aromatic rings. The molecule has 1 aliphatic rings. The summed E-state index contributed by atoms with van der Waals surface area (Å²) < 4.78 is 5.38. The van der Waals surface area contributed by atoms with Gasteiger partial charge < -0.3 is 10.5 Å². The van der Waals surface area contributed by atoms with E-state index in [-0.39, 0.29) is 6.04 Å². The van der Waals surface area contributed by atoms with Crippen LogP contribution in [0.1, 0.15) is 30.5 Å². The van der Waals surface area contributed by atoms with Crippen LogP contribution in [-0.2, 0) is 5.75 Å². The molecule has 0 saturated carbocycles. The molecule has 0 spiro atoms. The first kappa shape index (κ1) is 10.8. The molecule has 0 saturated heterocycles. The van der Waals surface area contributed by atoms with Gasteiger partial charge in [-0.1, -0.05) is 19.1 Å². The Morgan fingerprint density at radius 2 is 2.27 bits per heavy atom. The average molecular weight is 223 g/mol. The maximum absolute atomic E-state index is 6.19. The fraction of sp³-hybridized carbons (Fsp3) is 0.500. The zero-order valence-electron chi connectivity index (χ0n) is 9.19. The smallest absolute Gasteiger partial charge is 0.123 e. The highest BCUT2D eigenvalue weighted by molar-refractivity contribution is 7.99. The molecule has 0 fully saturated rings. The van der Waals surface area contributed by atoms with Crippen LogP contribution in [0, 0.1) is 0 Å². The predicted molar refractivity (Wildman–Crippen MR) is 65.3 cm³/mol. The third-order valence-corrected chi connectivity index (χ3v) is 4.10. The minimum absolute atomic E-state index is 0.153. The number of ether oxygens (including phenoxy) is 1. The van der Waals surface area contributed by atoms with Crippen molar-refractivity contribution in [3.05, 3.63) is 29.3 Å². The van der Waals surface area contributed by atoms with Crippen molar-refractivity contribution in [2.75, 3.05) is 7.11 Å². The van der Waals surface area contributed by atoms with Crippen molar-refractivity contribution in [3.63, 3.8) is 0 Å². The van der Waals surface area contributed by atoms with Crippen LogP contribution in [0.2, 0.25) is 0 Å². The minimum Gasteiger partial charge on any atom is -0.496 e. The van der Waals surface area contributed by atoms with Crippen molar-refractivity contribution < 1.29 is 4.74 Å². The summed E-state index contributed by atoms with van der Waals surface area (Å²) in [6.07, 6.45) is 1.05. The van der Waals surface area contributed by atoms with Gasteiger partial charge in [-0.25, -0.2) is 0 Å². The number of hydrogen-bond donors (Lipinski definition) is 1. The third kappa shape index (κ3) is 2.13. The number of benzene rings is 1. The third-order valence-electron chi connectivity index (χ3n) is 2.89. The van der Waals surface area contributed by atoms with Crippen LogP contribution < -0.4 is 10.5 Å². The van der Waals surface area contributed by atoms with Crippen LogP contribution in [-0.4, -0.2) is 12.4 Å². The van der Waals surface area contributed by atoms with Crippen LogP contribution >= 0.6 is 11.8 Å². The monoisotopic (exact) mass is 223 g/mol. The van der Waals surface area contributed by atoms with E-state index in [9.17, 15) is 0 Å². The molecule has 2 atom stereocenters. The highest BCUT2D eigenvalue weighted by Gasteiger charge is 2.21. The summed E-state index contributed by atoms with van der Waals surface area (Å²) in [6.45, 7) is 2.24. The van der Waals surface area contributed by atoms with E-state index < -0.39 is 0 Å². The molecule has 0 bridgehead atoms. The zero-order chi connectivity index (χ0) is 10.8. The molecular formula is C12H17NOS. The molecule has 2 rings (SSSR count). The fourth-order valence-corrected chi connectivity index (χ4v) is 3.16. The Bertz CT molecular complexity index is 353. The van der Waals surface area contributed by atoms with Crippen LogP contribution in [0.15, 0.2) is 18.2 Å². The molecule has 82 valence electrons. The molecule has 1 aromatic carbocycles. The summed E-state index contributed by atoms with van der Waals surface area (Å²) in [6, 6.07) is 6.32. The lowest BCUT2D eigenvalue weighted by Gasteiger charge is -2.15. The Morgan fingerprint density at radius 3 is 3.00 bits per heavy atom. The predicted octanol–water partition coefficient (Wildman–Crippen LogP) is 2.72. The number of fused-ring (bicyclic) bond motifs is 1. The normalized spacial score (nSPS) is 25.5. The maximum atomic E-state index is 6.19. The van der Waals surface area contributed by atoms with Crippen LogP contribution in [0.25, 0.3) is 0 Å². The first-order valence-corrected chi connectivity index (χ1v) is 6.30. The van der Waals surface area contributed by atoms with Gasteiger partial charge in [-0.3, -0.25) is 0 Å². The standard InChI is InChI=1S/C12H17NOS/c1-8-6-11(13)9-4-3-5-12(14-2)10(9)7-15-8/h3-5,8,11H,6-7,13H2,1-2H3/t8?,11-/m1/s1. The summed E-state index contributed by atoms with van der Waals surface area (Å²) in [4.78, 5) is 0. The van der Waals surface area contributed by atoms with Crippen molar-refractivity contribution in [1.82, 2.24) is 0 Å². The second kappa shape index (κ2) is 4.45. The Balaban J connectivity index is 2.43. The molecule has 15 heavy (non-hydrogen) atoms. The molecule has 0 aliphatic carbocycles. The van der Waals surface area contributed by atoms with Gasteiger partial charge in [-0.15, -0.1) is 0 Å². The largest absolute Gasteiger partial charge is 0.496 e. The number of thioether (sulfide) groups is 1. The van der Waals surface area contributed by atoms with Crippen molar-refractivity contribution in [2.45, 2.75) is 30.4 Å². The lowest BCUT2D eigenvalue weighted by Crippen LogP contribution is -2.14. The van der Waals surface area contributed by atoms with Crippen molar-refractivity contribution >= 4 is 11.8 Å². The molecule has 0 amide bonds. The average Bonchev–Trinajstić information content (AvgIpc) is 2.38. The quantitative estimate of drug-likeness (QED) is 0.795. The zero-order valence-corrected chi connectivity index (χ0v) is 10.0. The van der Waals surface area contributed by atoms with E-state index >= 15 is 0 Å². The second-order valence-electron chi connectivity index (χ2n) is 3.99. The molecule has 3 heteroatoms. The van der Waals surface area contributed by atoms with E-state index in [1.54, 1.807) is 7.11 Å². The summed E-state index contributed by atoms with van der Waals surface area (Å²) >= 11 is 1.95. The van der Waals surface area contributed by atoms with E-state index in [0.29, 0.717) is 5.25 Å². The van der Waals surface area contributed by atoms with Crippen LogP contribution in [0.4, 0.5) is 0 Å². The SMILES string of the molecule is COc1cccc2c1CSC(C)C[C@H]2N. The van der Waals surface area contributed by atoms with Gasteiger partial charge in [0.2, 0.25) is 0 Å². The summed E-state index contributed by atoms with van der Waals surface area (Å²) in [5.74, 6) is 1.98. The summed E-state index contributed by atoms with van der Waals surface area (Å²) in [7, 11) is 1.72. The summed E-state index contributed by atoms with van der Waals surface area (Å²) in [5, 5.41) is 0.622. The highest BCUT2D eigenvalue weighted by Crippen LogP contribution is 2.37. The number of rotatable bonds is 1. The minimum atomic E-state index is 0.153. The topological polar surface area (TPSA) is 35.2 Å². The Labute approximate surface area is 95.2 Å². The van der Waals surface area contributed by atoms with Gasteiger partial charge in [-0.05, 0) is 18.1 Å². The first-order chi connectivity index (χ1) is 7.22. The molecule has 1 heterocycles. The van der Waals surface area contributed by atoms with Crippen LogP contribution in [0.3, 0.4) is 0 Å². The molecule has 2 nitrogen and oxygen atoms in total. The van der Waals surface area contributed by atoms with E-state index in [4.69, 9.17) is 10.5 Å². The van der Waals surface area contributed by atoms with Crippen molar-refractivity contribution in [1.29, 1.82) is 0 Å². The van der Waals surface area contributed by atoms with Gasteiger partial charge in [0.05, 0.1) is 7.11 Å². The van der Waals surface area contributed by atoms with E-state index in [1.807, 2.05) is 23.9 Å². The Kier molecular flexibility index (Phi) is 3.22. The summed E-state index contributed by atoms with van der Waals surface area (Å²) in [5.41, 5.74) is 8.73. The van der Waals surface area contributed by atoms with Gasteiger partial charge in [0.25, 0.3) is 0 Å². The van der Waals surface area contributed by atoms with Crippen LogP contribution in [0.5, 0.6) is 5.75 Å². The highest BCUT2D eigenvalue weighted by atomic mass is 32.2. The molecule has 0 radical (unpaired) electrons. The van der Waals surface area contributed by atoms with Gasteiger partial charge in [0, 0.05) is 22.6 Å². The lowest BCUT2D eigenvalue weighted by atomic mass is 9.98. The van der Waals surface area contributed by atoms with E-state index in [0.717, 1.165) is 17.9 Å². The maximum Gasteiger partial charge on any atom is 0.123 e. The molecule has 2 N–H and O–H groups in total. The Hall–Kier alpha value is -0.670. The van der Waals surface area contributed by atoms with E-state index in [2.05, 4.69) is 13.0 Å². The van der Waals surface area contributed by atoms with Gasteiger partial charge in [0.15, 0.2) is 0 Å². The Morgan fingerprint density at radius 1 is 1.47 bits per heavy atom. The number of nitrogens with two attached hydrogens (primary N) is 1. The van der Waals surface area contributed by atoms with Gasteiger partial charge in [-0.2, -0.15) is 11.8 Å². The molecular weight excluding hydrogens is 206 g/mol. The lowest BCUT2D eigenvalue weighted by molar-refractivity contribution is 0.410. The first-order valence-electron chi connectivity index (χ1n) is 5.25.